The minimum Gasteiger partial charge on any atom is -0.373 e. The summed E-state index contributed by atoms with van der Waals surface area (Å²) in [7, 11) is 1.82. The Labute approximate surface area is 93.8 Å². The van der Waals surface area contributed by atoms with Gasteiger partial charge in [-0.25, -0.2) is 15.0 Å². The highest BCUT2D eigenvalue weighted by atomic mass is 15.4. The van der Waals surface area contributed by atoms with Gasteiger partial charge in [0.15, 0.2) is 5.82 Å². The van der Waals surface area contributed by atoms with Crippen LogP contribution in [0.4, 0.5) is 5.82 Å². The van der Waals surface area contributed by atoms with E-state index in [-0.39, 0.29) is 0 Å². The van der Waals surface area contributed by atoms with Crippen LogP contribution in [-0.4, -0.2) is 31.8 Å². The van der Waals surface area contributed by atoms with E-state index in [1.165, 1.54) is 0 Å². The van der Waals surface area contributed by atoms with Crippen molar-refractivity contribution in [3.05, 3.63) is 23.5 Å². The molecule has 6 nitrogen and oxygen atoms in total. The second-order valence-electron chi connectivity index (χ2n) is 3.53. The average Bonchev–Trinajstić information content (AvgIpc) is 2.57. The first-order valence-corrected chi connectivity index (χ1v) is 5.04. The molecule has 0 saturated heterocycles. The van der Waals surface area contributed by atoms with Gasteiger partial charge in [0.2, 0.25) is 0 Å². The number of aromatic nitrogens is 5. The highest BCUT2D eigenvalue weighted by Crippen LogP contribution is 2.11. The molecule has 0 radical (unpaired) electrons. The van der Waals surface area contributed by atoms with E-state index in [4.69, 9.17) is 0 Å². The zero-order chi connectivity index (χ0) is 11.7. The molecule has 84 valence electrons. The number of hydrogen-bond acceptors (Lipinski definition) is 5. The van der Waals surface area contributed by atoms with Gasteiger partial charge >= 0.3 is 0 Å². The van der Waals surface area contributed by atoms with E-state index in [9.17, 15) is 0 Å². The summed E-state index contributed by atoms with van der Waals surface area (Å²) in [4.78, 5) is 12.8. The standard InChI is InChI=1S/C10H14N6/c1-6-13-9(11-4)5-10(14-6)16-8(3)12-7(2)15-16/h5H,1-4H3,(H,11,13,14). The fourth-order valence-corrected chi connectivity index (χ4v) is 1.53. The van der Waals surface area contributed by atoms with Crippen LogP contribution in [-0.2, 0) is 0 Å². The van der Waals surface area contributed by atoms with Crippen LogP contribution in [0.2, 0.25) is 0 Å². The van der Waals surface area contributed by atoms with Crippen LogP contribution in [0.5, 0.6) is 0 Å². The van der Waals surface area contributed by atoms with Crippen LogP contribution < -0.4 is 5.32 Å². The summed E-state index contributed by atoms with van der Waals surface area (Å²) in [6.07, 6.45) is 0. The molecule has 0 unspecified atom stereocenters. The lowest BCUT2D eigenvalue weighted by Gasteiger charge is -2.05. The Morgan fingerprint density at radius 2 is 1.81 bits per heavy atom. The molecule has 2 heterocycles. The van der Waals surface area contributed by atoms with Crippen molar-refractivity contribution in [1.82, 2.24) is 24.7 Å². The maximum absolute atomic E-state index is 4.34. The molecular formula is C10H14N6. The van der Waals surface area contributed by atoms with E-state index in [0.717, 1.165) is 23.3 Å². The molecule has 0 spiro atoms. The zero-order valence-corrected chi connectivity index (χ0v) is 9.81. The largest absolute Gasteiger partial charge is 0.373 e. The van der Waals surface area contributed by atoms with Crippen molar-refractivity contribution in [2.45, 2.75) is 20.8 Å². The minimum atomic E-state index is 0.703. The molecule has 0 aliphatic rings. The first-order chi connectivity index (χ1) is 7.60. The Morgan fingerprint density at radius 3 is 2.38 bits per heavy atom. The normalized spacial score (nSPS) is 10.5. The van der Waals surface area contributed by atoms with Crippen LogP contribution in [0.3, 0.4) is 0 Å². The van der Waals surface area contributed by atoms with Gasteiger partial charge in [-0.05, 0) is 20.8 Å². The fraction of sp³-hybridized carbons (Fsp3) is 0.400. The van der Waals surface area contributed by atoms with Gasteiger partial charge < -0.3 is 5.32 Å². The maximum atomic E-state index is 4.34. The summed E-state index contributed by atoms with van der Waals surface area (Å²) < 4.78 is 1.71. The first kappa shape index (κ1) is 10.5. The molecule has 0 saturated carbocycles. The zero-order valence-electron chi connectivity index (χ0n) is 9.81. The van der Waals surface area contributed by atoms with Gasteiger partial charge in [0.05, 0.1) is 0 Å². The van der Waals surface area contributed by atoms with E-state index in [1.54, 1.807) is 4.68 Å². The number of nitrogens with one attached hydrogen (secondary N) is 1. The van der Waals surface area contributed by atoms with Crippen molar-refractivity contribution >= 4 is 5.82 Å². The number of hydrogen-bond donors (Lipinski definition) is 1. The molecule has 2 aromatic rings. The number of nitrogens with zero attached hydrogens (tertiary/aromatic N) is 5. The summed E-state index contributed by atoms with van der Waals surface area (Å²) >= 11 is 0. The maximum Gasteiger partial charge on any atom is 0.161 e. The molecule has 0 aliphatic carbocycles. The smallest absolute Gasteiger partial charge is 0.161 e. The summed E-state index contributed by atoms with van der Waals surface area (Å²) in [6.45, 7) is 5.61. The quantitative estimate of drug-likeness (QED) is 0.815. The van der Waals surface area contributed by atoms with Crippen molar-refractivity contribution < 1.29 is 0 Å². The monoisotopic (exact) mass is 218 g/mol. The molecular weight excluding hydrogens is 204 g/mol. The second kappa shape index (κ2) is 3.88. The van der Waals surface area contributed by atoms with Gasteiger partial charge in [-0.2, -0.15) is 4.68 Å². The van der Waals surface area contributed by atoms with Gasteiger partial charge in [0, 0.05) is 13.1 Å². The van der Waals surface area contributed by atoms with Crippen molar-refractivity contribution in [2.75, 3.05) is 12.4 Å². The molecule has 2 rings (SSSR count). The highest BCUT2D eigenvalue weighted by Gasteiger charge is 2.08. The lowest BCUT2D eigenvalue weighted by molar-refractivity contribution is 0.791. The third-order valence-electron chi connectivity index (χ3n) is 2.17. The van der Waals surface area contributed by atoms with Gasteiger partial charge in [-0.15, -0.1) is 5.10 Å². The number of anilines is 1. The molecule has 0 aromatic carbocycles. The number of aryl methyl sites for hydroxylation is 3. The molecule has 2 aromatic heterocycles. The SMILES string of the molecule is CNc1cc(-n2nc(C)nc2C)nc(C)n1. The third kappa shape index (κ3) is 1.86. The van der Waals surface area contributed by atoms with Crippen LogP contribution in [0.15, 0.2) is 6.07 Å². The Morgan fingerprint density at radius 1 is 1.06 bits per heavy atom. The van der Waals surface area contributed by atoms with Crippen LogP contribution >= 0.6 is 0 Å². The van der Waals surface area contributed by atoms with E-state index in [2.05, 4.69) is 25.4 Å². The molecule has 0 bridgehead atoms. The first-order valence-electron chi connectivity index (χ1n) is 5.04. The Hall–Kier alpha value is -1.98. The lowest BCUT2D eigenvalue weighted by Crippen LogP contribution is -2.06. The van der Waals surface area contributed by atoms with E-state index >= 15 is 0 Å². The van der Waals surface area contributed by atoms with E-state index in [0.29, 0.717) is 5.82 Å². The van der Waals surface area contributed by atoms with Crippen LogP contribution in [0.25, 0.3) is 5.82 Å². The predicted molar refractivity (Wildman–Crippen MR) is 60.7 cm³/mol. The van der Waals surface area contributed by atoms with Crippen molar-refractivity contribution in [1.29, 1.82) is 0 Å². The van der Waals surface area contributed by atoms with E-state index < -0.39 is 0 Å². The summed E-state index contributed by atoms with van der Waals surface area (Å²) in [6, 6.07) is 1.84. The molecule has 0 aliphatic heterocycles. The van der Waals surface area contributed by atoms with Gasteiger partial charge in [-0.3, -0.25) is 0 Å². The van der Waals surface area contributed by atoms with Gasteiger partial charge in [0.1, 0.15) is 23.3 Å². The summed E-state index contributed by atoms with van der Waals surface area (Å²) in [5.74, 6) is 3.76. The fourth-order valence-electron chi connectivity index (χ4n) is 1.53. The summed E-state index contributed by atoms with van der Waals surface area (Å²) in [5.41, 5.74) is 0. The molecule has 0 fully saturated rings. The summed E-state index contributed by atoms with van der Waals surface area (Å²) in [5, 5.41) is 7.28. The number of rotatable bonds is 2. The predicted octanol–water partition coefficient (Wildman–Crippen LogP) is 1.02. The second-order valence-corrected chi connectivity index (χ2v) is 3.53. The Kier molecular flexibility index (Phi) is 2.55. The molecule has 6 heteroatoms. The minimum absolute atomic E-state index is 0.703. The van der Waals surface area contributed by atoms with Crippen LogP contribution in [0, 0.1) is 20.8 Å². The Bertz CT molecular complexity index is 516. The van der Waals surface area contributed by atoms with Crippen molar-refractivity contribution in [3.8, 4) is 5.82 Å². The Balaban J connectivity index is 2.55. The lowest BCUT2D eigenvalue weighted by atomic mass is 10.5. The molecule has 0 amide bonds. The van der Waals surface area contributed by atoms with Crippen LogP contribution in [0.1, 0.15) is 17.5 Å². The average molecular weight is 218 g/mol. The topological polar surface area (TPSA) is 68.5 Å². The van der Waals surface area contributed by atoms with Crippen molar-refractivity contribution in [3.63, 3.8) is 0 Å². The van der Waals surface area contributed by atoms with Gasteiger partial charge in [-0.1, -0.05) is 0 Å². The third-order valence-corrected chi connectivity index (χ3v) is 2.17. The van der Waals surface area contributed by atoms with Gasteiger partial charge in [0.25, 0.3) is 0 Å². The van der Waals surface area contributed by atoms with E-state index in [1.807, 2.05) is 33.9 Å². The highest BCUT2D eigenvalue weighted by molar-refractivity contribution is 5.40. The molecule has 16 heavy (non-hydrogen) atoms. The molecule has 0 atom stereocenters. The molecule has 1 N–H and O–H groups in total. The van der Waals surface area contributed by atoms with Crippen molar-refractivity contribution in [2.24, 2.45) is 0 Å².